The van der Waals surface area contributed by atoms with Gasteiger partial charge in [-0.05, 0) is 6.07 Å². The Morgan fingerprint density at radius 3 is 2.64 bits per heavy atom. The molecule has 238 valence electrons. The van der Waals surface area contributed by atoms with Gasteiger partial charge in [-0.2, -0.15) is 0 Å². The van der Waals surface area contributed by atoms with Gasteiger partial charge in [0, 0.05) is 6.20 Å². The number of thiol groups is 2. The minimum absolute atomic E-state index is 0.000953. The topological polar surface area (TPSA) is 221 Å². The van der Waals surface area contributed by atoms with Crippen LogP contribution in [0.15, 0.2) is 36.0 Å². The lowest BCUT2D eigenvalue weighted by atomic mass is 10.1. The highest BCUT2D eigenvalue weighted by molar-refractivity contribution is 8.44. The van der Waals surface area contributed by atoms with E-state index < -0.39 is 82.0 Å². The third-order valence-electron chi connectivity index (χ3n) is 7.06. The lowest BCUT2D eigenvalue weighted by Gasteiger charge is -2.25. The Bertz CT molecular complexity index is 1820. The average molecular weight is 697 g/mol. The largest absolute Gasteiger partial charge is 0.394 e. The molecule has 0 bridgehead atoms. The number of hydrogen-bond acceptors (Lipinski definition) is 14. The van der Waals surface area contributed by atoms with Crippen LogP contribution in [-0.4, -0.2) is 89.1 Å². The highest BCUT2D eigenvalue weighted by atomic mass is 32.7. The van der Waals surface area contributed by atoms with Gasteiger partial charge in [-0.25, -0.2) is 33.3 Å². The Kier molecular flexibility index (Phi) is 8.88. The van der Waals surface area contributed by atoms with E-state index in [-0.39, 0.29) is 22.6 Å². The molecule has 2 saturated heterocycles. The van der Waals surface area contributed by atoms with E-state index >= 15 is 8.78 Å². The number of rotatable bonds is 10. The number of nitrogens with two attached hydrogens (primary N) is 1. The van der Waals surface area contributed by atoms with Crippen molar-refractivity contribution < 1.29 is 46.1 Å². The number of aromatic amines is 1. The molecule has 2 aliphatic rings. The molecule has 2 unspecified atom stereocenters. The van der Waals surface area contributed by atoms with Gasteiger partial charge < -0.3 is 34.4 Å². The van der Waals surface area contributed by atoms with Crippen LogP contribution >= 0.6 is 38.5 Å². The zero-order chi connectivity index (χ0) is 31.3. The number of nitrogen functional groups attached to an aromatic ring is 1. The van der Waals surface area contributed by atoms with Gasteiger partial charge in [0.25, 0.3) is 5.56 Å². The number of aliphatic hydroxyl groups excluding tert-OH is 1. The quantitative estimate of drug-likeness (QED) is 0.118. The van der Waals surface area contributed by atoms with Crippen LogP contribution in [0.2, 0.25) is 0 Å². The summed E-state index contributed by atoms with van der Waals surface area (Å²) in [6.07, 6.45) is -7.81. The molecule has 0 amide bonds. The molecule has 6 heterocycles. The van der Waals surface area contributed by atoms with E-state index in [0.717, 1.165) is 12.7 Å². The van der Waals surface area contributed by atoms with Gasteiger partial charge in [-0.3, -0.25) is 23.0 Å². The van der Waals surface area contributed by atoms with Crippen LogP contribution < -0.4 is 11.3 Å². The summed E-state index contributed by atoms with van der Waals surface area (Å²) in [5, 5.41) is 10.1. The second-order valence-electron chi connectivity index (χ2n) is 9.66. The summed E-state index contributed by atoms with van der Waals surface area (Å²) in [7, 11) is -3.00. The molecular formula is C21H24F2N8O9P2S2. The number of anilines is 1. The number of hydrogen-bond donors (Lipinski definition) is 5. The molecule has 4 aromatic rings. The van der Waals surface area contributed by atoms with Crippen LogP contribution in [-0.2, 0) is 32.2 Å². The van der Waals surface area contributed by atoms with E-state index in [9.17, 15) is 19.0 Å². The Morgan fingerprint density at radius 2 is 1.89 bits per heavy atom. The summed E-state index contributed by atoms with van der Waals surface area (Å²) in [5.41, 5.74) is 5.45. The van der Waals surface area contributed by atoms with Gasteiger partial charge in [-0.1, -0.05) is 24.5 Å². The zero-order valence-electron chi connectivity index (χ0n) is 22.0. The van der Waals surface area contributed by atoms with Crippen LogP contribution in [0, 0.1) is 0 Å². The fraction of sp³-hybridized carbons (Fsp3) is 0.476. The summed E-state index contributed by atoms with van der Waals surface area (Å²) in [4.78, 5) is 30.4. The number of nitrogens with one attached hydrogen (secondary N) is 1. The van der Waals surface area contributed by atoms with Gasteiger partial charge >= 0.3 is 6.80 Å². The molecule has 0 spiro atoms. The van der Waals surface area contributed by atoms with Crippen LogP contribution in [0.3, 0.4) is 0 Å². The predicted molar refractivity (Wildman–Crippen MR) is 155 cm³/mol. The number of nitrogens with zero attached hydrogens (tertiary/aromatic N) is 6. The number of aliphatic hydroxyl groups is 1. The molecule has 23 heteroatoms. The van der Waals surface area contributed by atoms with Crippen molar-refractivity contribution in [3.8, 4) is 0 Å². The maximum absolute atomic E-state index is 15.7. The molecule has 6 rings (SSSR count). The normalized spacial score (nSPS) is 31.1. The molecule has 0 saturated carbocycles. The predicted octanol–water partition coefficient (Wildman–Crippen LogP) is 1.75. The maximum atomic E-state index is 15.7. The number of ether oxygens (including phenoxy) is 2. The summed E-state index contributed by atoms with van der Waals surface area (Å²) in [5.74, 6) is 0.151. The molecule has 0 aliphatic carbocycles. The number of aromatic nitrogens is 7. The number of imidazole rings is 1. The molecule has 2 fully saturated rings. The van der Waals surface area contributed by atoms with Gasteiger partial charge in [0.2, 0.25) is 7.23 Å². The summed E-state index contributed by atoms with van der Waals surface area (Å²) in [6.45, 7) is -5.95. The lowest BCUT2D eigenvalue weighted by molar-refractivity contribution is -0.0517. The first-order valence-corrected chi connectivity index (χ1v) is 18.0. The van der Waals surface area contributed by atoms with Crippen LogP contribution in [0.4, 0.5) is 14.6 Å². The fourth-order valence-corrected chi connectivity index (χ4v) is 7.42. The van der Waals surface area contributed by atoms with E-state index in [0.29, 0.717) is 5.39 Å². The van der Waals surface area contributed by atoms with Crippen molar-refractivity contribution in [2.45, 2.75) is 49.2 Å². The van der Waals surface area contributed by atoms with Crippen molar-refractivity contribution in [3.63, 3.8) is 0 Å². The summed E-state index contributed by atoms with van der Waals surface area (Å²) in [6, 6.07) is 1.56. The number of halogens is 2. The molecular weight excluding hydrogens is 672 g/mol. The second-order valence-corrected chi connectivity index (χ2v) is 14.4. The van der Waals surface area contributed by atoms with E-state index in [2.05, 4.69) is 49.4 Å². The second kappa shape index (κ2) is 12.4. The van der Waals surface area contributed by atoms with E-state index in [1.807, 2.05) is 0 Å². The first kappa shape index (κ1) is 31.5. The van der Waals surface area contributed by atoms with Gasteiger partial charge in [0.15, 0.2) is 36.0 Å². The molecule has 0 radical (unpaired) electrons. The standard InChI is InChI=1S/C21H24F2N8O9P2S2/c22-11-9(3-32)37-21(31-7-29-13-18(31)27-6-28-19(13)33)15(11)40-42(35,44)36-4-10-14(39-41(34)43)12(23)20(38-10)30-2-1-8-16(24)25-5-26-17(8)30/h1-2,5-7,9-12,14-15,20-21,32,41H,3-4H2,(H,34,43)(H,35,44)(H2,24,25,26)(H,27,28,33)/t9-,10-,11-,12+,14-,15-,20-,21-,42?/m1/s1. The maximum Gasteiger partial charge on any atom is 0.386 e. The molecule has 0 aromatic carbocycles. The fourth-order valence-electron chi connectivity index (χ4n) is 5.08. The van der Waals surface area contributed by atoms with Gasteiger partial charge in [-0.15, -0.1) is 0 Å². The highest BCUT2D eigenvalue weighted by Gasteiger charge is 2.52. The third kappa shape index (κ3) is 5.81. The molecule has 17 nitrogen and oxygen atoms in total. The zero-order valence-corrected chi connectivity index (χ0v) is 25.7. The van der Waals surface area contributed by atoms with Crippen molar-refractivity contribution in [2.75, 3.05) is 18.9 Å². The van der Waals surface area contributed by atoms with Gasteiger partial charge in [0.1, 0.15) is 42.2 Å². The van der Waals surface area contributed by atoms with E-state index in [1.165, 1.54) is 21.7 Å². The molecule has 10 atom stereocenters. The Balaban J connectivity index is 1.22. The third-order valence-corrected chi connectivity index (χ3v) is 9.46. The van der Waals surface area contributed by atoms with Crippen molar-refractivity contribution >= 4 is 66.5 Å². The monoisotopic (exact) mass is 696 g/mol. The minimum Gasteiger partial charge on any atom is -0.394 e. The van der Waals surface area contributed by atoms with Crippen molar-refractivity contribution in [3.05, 3.63) is 41.6 Å². The van der Waals surface area contributed by atoms with Crippen LogP contribution in [0.5, 0.6) is 0 Å². The number of alkyl halides is 2. The SMILES string of the molecule is Nc1ncnc2c1ccn2[C@@H]1O[C@H](COP(=O)(S)O[C@@H]2[C@H](F)[C@@H](CO)O[C@H]2n2cnc3c(=O)[nH]cnc32)[C@@H](O[PH](=O)S)[C@@H]1F. The van der Waals surface area contributed by atoms with Crippen molar-refractivity contribution in [1.82, 2.24) is 34.1 Å². The van der Waals surface area contributed by atoms with E-state index in [4.69, 9.17) is 28.8 Å². The molecule has 4 N–H and O–H groups in total. The Hall–Kier alpha value is -2.45. The van der Waals surface area contributed by atoms with Crippen LogP contribution in [0.1, 0.15) is 12.5 Å². The summed E-state index contributed by atoms with van der Waals surface area (Å²) < 4.78 is 86.2. The smallest absolute Gasteiger partial charge is 0.386 e. The van der Waals surface area contributed by atoms with E-state index in [1.54, 1.807) is 6.07 Å². The first-order chi connectivity index (χ1) is 21.0. The number of H-pyrrole nitrogens is 1. The first-order valence-electron chi connectivity index (χ1n) is 12.7. The molecule has 2 aliphatic heterocycles. The Labute approximate surface area is 256 Å². The Morgan fingerprint density at radius 1 is 1.11 bits per heavy atom. The molecule has 4 aromatic heterocycles. The average Bonchev–Trinajstić information content (AvgIpc) is 3.74. The van der Waals surface area contributed by atoms with Crippen LogP contribution in [0.25, 0.3) is 22.2 Å². The minimum atomic E-state index is -4.50. The highest BCUT2D eigenvalue weighted by Crippen LogP contribution is 2.57. The molecule has 44 heavy (non-hydrogen) atoms. The van der Waals surface area contributed by atoms with Gasteiger partial charge in [0.05, 0.1) is 31.3 Å². The van der Waals surface area contributed by atoms with Crippen molar-refractivity contribution in [2.24, 2.45) is 0 Å². The van der Waals surface area contributed by atoms with Crippen molar-refractivity contribution in [1.29, 1.82) is 0 Å². The lowest BCUT2D eigenvalue weighted by Crippen LogP contribution is -2.33. The summed E-state index contributed by atoms with van der Waals surface area (Å²) >= 11 is 7.70. The number of fused-ring (bicyclic) bond motifs is 2.